The molecule has 126 valence electrons. The molecule has 0 bridgehead atoms. The predicted octanol–water partition coefficient (Wildman–Crippen LogP) is -2.03. The lowest BCUT2D eigenvalue weighted by Crippen LogP contribution is -2.32. The Morgan fingerprint density at radius 3 is 2.48 bits per heavy atom. The number of imidazole rings is 1. The van der Waals surface area contributed by atoms with Crippen LogP contribution in [0.3, 0.4) is 0 Å². The summed E-state index contributed by atoms with van der Waals surface area (Å²) in [6.07, 6.45) is -4.75. The molecule has 1 saturated heterocycles. The molecule has 13 heteroatoms. The number of aromatic nitrogens is 4. The van der Waals surface area contributed by atoms with E-state index in [1.54, 1.807) is 0 Å². The number of fused-ring (bicyclic) bond motifs is 1. The summed E-state index contributed by atoms with van der Waals surface area (Å²) in [5.41, 5.74) is -0.431. The number of nitrogens with one attached hydrogen (secondary N) is 2. The van der Waals surface area contributed by atoms with E-state index in [9.17, 15) is 14.8 Å². The summed E-state index contributed by atoms with van der Waals surface area (Å²) >= 11 is 5.03. The Morgan fingerprint density at radius 2 is 1.91 bits per heavy atom. The Balaban J connectivity index is 2.07. The van der Waals surface area contributed by atoms with E-state index in [1.807, 2.05) is 0 Å². The van der Waals surface area contributed by atoms with Gasteiger partial charge >= 0.3 is 7.60 Å². The Labute approximate surface area is 133 Å². The molecule has 3 heterocycles. The zero-order valence-electron chi connectivity index (χ0n) is 11.3. The SMILES string of the molecule is O=P(O)(O)c1nc2[nH]c(C3O[C@H](CO)[C@@H](O)[C@H]3O)nc(=S)c2[nH]1. The lowest BCUT2D eigenvalue weighted by atomic mass is 10.1. The van der Waals surface area contributed by atoms with Crippen molar-refractivity contribution in [1.82, 2.24) is 19.9 Å². The van der Waals surface area contributed by atoms with Gasteiger partial charge in [0.25, 0.3) is 0 Å². The van der Waals surface area contributed by atoms with E-state index >= 15 is 0 Å². The number of aromatic amines is 2. The van der Waals surface area contributed by atoms with E-state index in [0.717, 1.165) is 0 Å². The lowest BCUT2D eigenvalue weighted by molar-refractivity contribution is -0.0252. The standard InChI is InChI=1S/C10H13N4O7PS/c15-1-2-4(16)5(17)6(21-2)8-12-7-3(9(23)13-8)11-10(14-7)22(18,19)20/h2,4-6,15-17H,1H2,(H2,18,19,20)(H2,11,12,13,14,23)/t2-,4-,5-,6?/m1/s1. The number of aliphatic hydroxyl groups excluding tert-OH is 3. The third-order valence-corrected chi connectivity index (χ3v) is 4.52. The summed E-state index contributed by atoms with van der Waals surface area (Å²) < 4.78 is 16.5. The van der Waals surface area contributed by atoms with E-state index in [1.165, 1.54) is 0 Å². The molecule has 4 atom stereocenters. The molecule has 7 N–H and O–H groups in total. The summed E-state index contributed by atoms with van der Waals surface area (Å²) in [5.74, 6) is 0.0220. The highest BCUT2D eigenvalue weighted by Crippen LogP contribution is 2.34. The highest BCUT2D eigenvalue weighted by molar-refractivity contribution is 7.71. The number of aliphatic hydroxyl groups is 3. The van der Waals surface area contributed by atoms with Crippen molar-refractivity contribution in [2.45, 2.75) is 24.4 Å². The summed E-state index contributed by atoms with van der Waals surface area (Å²) in [5, 5.41) is 28.8. The highest BCUT2D eigenvalue weighted by atomic mass is 32.1. The van der Waals surface area contributed by atoms with Crippen molar-refractivity contribution in [3.05, 3.63) is 10.5 Å². The molecule has 3 rings (SSSR count). The second-order valence-electron chi connectivity index (χ2n) is 5.01. The minimum absolute atomic E-state index is 0.0220. The quantitative estimate of drug-likeness (QED) is 0.237. The first kappa shape index (κ1) is 16.6. The number of hydrogen-bond acceptors (Lipinski definition) is 8. The van der Waals surface area contributed by atoms with Gasteiger partial charge in [-0.2, -0.15) is 0 Å². The van der Waals surface area contributed by atoms with E-state index in [4.69, 9.17) is 31.8 Å². The Morgan fingerprint density at radius 1 is 1.22 bits per heavy atom. The lowest BCUT2D eigenvalue weighted by Gasteiger charge is -2.13. The number of H-pyrrole nitrogens is 2. The molecule has 23 heavy (non-hydrogen) atoms. The first-order valence-electron chi connectivity index (χ1n) is 6.41. The summed E-state index contributed by atoms with van der Waals surface area (Å²) in [6.45, 7) is -0.498. The summed E-state index contributed by atoms with van der Waals surface area (Å²) in [7, 11) is -4.60. The number of rotatable bonds is 3. The van der Waals surface area contributed by atoms with Crippen LogP contribution in [0.25, 0.3) is 11.2 Å². The molecule has 0 aromatic carbocycles. The maximum atomic E-state index is 11.2. The van der Waals surface area contributed by atoms with Crippen LogP contribution in [0.5, 0.6) is 0 Å². The van der Waals surface area contributed by atoms with Crippen molar-refractivity contribution in [2.75, 3.05) is 6.61 Å². The number of hydrogen-bond donors (Lipinski definition) is 7. The van der Waals surface area contributed by atoms with Crippen molar-refractivity contribution >= 4 is 36.5 Å². The largest absolute Gasteiger partial charge is 0.394 e. The van der Waals surface area contributed by atoms with Crippen LogP contribution in [0.4, 0.5) is 0 Å². The molecular weight excluding hydrogens is 351 g/mol. The van der Waals surface area contributed by atoms with E-state index < -0.39 is 44.2 Å². The van der Waals surface area contributed by atoms with Gasteiger partial charge in [0, 0.05) is 0 Å². The molecule has 0 radical (unpaired) electrons. The second kappa shape index (κ2) is 5.69. The van der Waals surface area contributed by atoms with Gasteiger partial charge < -0.3 is 39.8 Å². The van der Waals surface area contributed by atoms with Crippen LogP contribution < -0.4 is 5.57 Å². The summed E-state index contributed by atoms with van der Waals surface area (Å²) in [6, 6.07) is 0. The molecular formula is C10H13N4O7PS. The average Bonchev–Trinajstić information content (AvgIpc) is 3.02. The number of nitrogens with zero attached hydrogens (tertiary/aromatic N) is 2. The minimum Gasteiger partial charge on any atom is -0.394 e. The van der Waals surface area contributed by atoms with E-state index in [0.29, 0.717) is 0 Å². The third kappa shape index (κ3) is 2.84. The Bertz CT molecular complexity index is 847. The second-order valence-corrected chi connectivity index (χ2v) is 6.91. The zero-order chi connectivity index (χ0) is 16.9. The topological polar surface area (TPSA) is 185 Å². The first-order chi connectivity index (χ1) is 10.7. The predicted molar refractivity (Wildman–Crippen MR) is 77.5 cm³/mol. The van der Waals surface area contributed by atoms with Crippen molar-refractivity contribution in [3.8, 4) is 0 Å². The first-order valence-corrected chi connectivity index (χ1v) is 8.43. The molecule has 2 aromatic heterocycles. The third-order valence-electron chi connectivity index (χ3n) is 3.46. The van der Waals surface area contributed by atoms with Crippen molar-refractivity contribution in [1.29, 1.82) is 0 Å². The Hall–Kier alpha value is -1.24. The maximum Gasteiger partial charge on any atom is 0.391 e. The maximum absolute atomic E-state index is 11.2. The van der Waals surface area contributed by atoms with E-state index in [2.05, 4.69) is 19.9 Å². The Kier molecular flexibility index (Phi) is 4.11. The van der Waals surface area contributed by atoms with Crippen molar-refractivity contribution in [3.63, 3.8) is 0 Å². The van der Waals surface area contributed by atoms with Gasteiger partial charge in [-0.3, -0.25) is 4.57 Å². The van der Waals surface area contributed by atoms with Crippen LogP contribution >= 0.6 is 19.8 Å². The summed E-state index contributed by atoms with van der Waals surface area (Å²) in [4.78, 5) is 31.0. The molecule has 0 saturated carbocycles. The van der Waals surface area contributed by atoms with Crippen molar-refractivity contribution in [2.24, 2.45) is 0 Å². The molecule has 2 aromatic rings. The van der Waals surface area contributed by atoms with Gasteiger partial charge in [0.2, 0.25) is 5.57 Å². The van der Waals surface area contributed by atoms with Crippen LogP contribution in [0.15, 0.2) is 0 Å². The van der Waals surface area contributed by atoms with Crippen LogP contribution in [0.2, 0.25) is 0 Å². The number of ether oxygens (including phenoxy) is 1. The zero-order valence-corrected chi connectivity index (χ0v) is 13.0. The van der Waals surface area contributed by atoms with Gasteiger partial charge in [-0.15, -0.1) is 0 Å². The van der Waals surface area contributed by atoms with Crippen LogP contribution in [0, 0.1) is 4.64 Å². The molecule has 0 amide bonds. The molecule has 0 aliphatic carbocycles. The van der Waals surface area contributed by atoms with Gasteiger partial charge in [-0.25, -0.2) is 9.97 Å². The van der Waals surface area contributed by atoms with Crippen molar-refractivity contribution < 1.29 is 34.4 Å². The van der Waals surface area contributed by atoms with Gasteiger partial charge in [0.1, 0.15) is 35.8 Å². The molecule has 1 aliphatic heterocycles. The smallest absolute Gasteiger partial charge is 0.391 e. The fourth-order valence-electron chi connectivity index (χ4n) is 2.32. The van der Waals surface area contributed by atoms with E-state index in [-0.39, 0.29) is 21.6 Å². The fourth-order valence-corrected chi connectivity index (χ4v) is 3.05. The van der Waals surface area contributed by atoms with Gasteiger partial charge in [-0.05, 0) is 0 Å². The van der Waals surface area contributed by atoms with Gasteiger partial charge in [0.05, 0.1) is 6.61 Å². The fraction of sp³-hybridized carbons (Fsp3) is 0.500. The molecule has 11 nitrogen and oxygen atoms in total. The minimum atomic E-state index is -4.60. The molecule has 1 aliphatic rings. The average molecular weight is 364 g/mol. The molecule has 1 unspecified atom stereocenters. The molecule has 1 fully saturated rings. The normalized spacial score (nSPS) is 28.6. The van der Waals surface area contributed by atoms with Crippen LogP contribution in [0.1, 0.15) is 11.9 Å². The molecule has 0 spiro atoms. The van der Waals surface area contributed by atoms with Crippen LogP contribution in [-0.2, 0) is 9.30 Å². The monoisotopic (exact) mass is 364 g/mol. The van der Waals surface area contributed by atoms with Crippen LogP contribution in [-0.4, -0.2) is 70.0 Å². The van der Waals surface area contributed by atoms with Gasteiger partial charge in [0.15, 0.2) is 10.3 Å². The van der Waals surface area contributed by atoms with Gasteiger partial charge in [-0.1, -0.05) is 12.2 Å². The highest BCUT2D eigenvalue weighted by Gasteiger charge is 2.44.